The lowest BCUT2D eigenvalue weighted by atomic mass is 9.79. The number of nitrogens with two attached hydrogens (primary N) is 1. The Morgan fingerprint density at radius 1 is 1.29 bits per heavy atom. The minimum absolute atomic E-state index is 0.239. The maximum Gasteiger partial charge on any atom is 0.223 e. The maximum atomic E-state index is 10.6. The first-order valence-corrected chi connectivity index (χ1v) is 7.85. The van der Waals surface area contributed by atoms with Crippen LogP contribution >= 0.6 is 0 Å². The van der Waals surface area contributed by atoms with Gasteiger partial charge in [-0.15, -0.1) is 0 Å². The molecule has 0 aromatic carbocycles. The highest BCUT2D eigenvalue weighted by Gasteiger charge is 2.31. The normalized spacial score (nSPS) is 25.6. The molecule has 1 fully saturated rings. The summed E-state index contributed by atoms with van der Waals surface area (Å²) in [5, 5.41) is 17.0. The second-order valence-corrected chi connectivity index (χ2v) is 6.18. The van der Waals surface area contributed by atoms with E-state index in [1.807, 2.05) is 6.07 Å². The van der Waals surface area contributed by atoms with Crippen molar-refractivity contribution in [3.63, 3.8) is 0 Å². The largest absolute Gasteiger partial charge is 0.388 e. The maximum absolute atomic E-state index is 10.6. The fourth-order valence-corrected chi connectivity index (χ4v) is 2.63. The molecule has 0 saturated heterocycles. The molecular formula is C15H27N5O. The highest BCUT2D eigenvalue weighted by molar-refractivity contribution is 5.51. The van der Waals surface area contributed by atoms with Gasteiger partial charge in [-0.25, -0.2) is 0 Å². The van der Waals surface area contributed by atoms with Gasteiger partial charge >= 0.3 is 0 Å². The fourth-order valence-electron chi connectivity index (χ4n) is 2.63. The lowest BCUT2D eigenvalue weighted by Crippen LogP contribution is -2.40. The van der Waals surface area contributed by atoms with E-state index in [9.17, 15) is 5.11 Å². The molecule has 0 radical (unpaired) electrons. The minimum Gasteiger partial charge on any atom is -0.388 e. The van der Waals surface area contributed by atoms with Crippen LogP contribution in [0.5, 0.6) is 0 Å². The molecule has 6 nitrogen and oxygen atoms in total. The van der Waals surface area contributed by atoms with Gasteiger partial charge in [0.15, 0.2) is 0 Å². The number of nitrogen functional groups attached to an aromatic ring is 1. The molecule has 1 aliphatic carbocycles. The molecule has 118 valence electrons. The fraction of sp³-hybridized carbons (Fsp3) is 0.733. The first kappa shape index (κ1) is 15.8. The van der Waals surface area contributed by atoms with Gasteiger partial charge in [0.1, 0.15) is 11.6 Å². The molecule has 1 aliphatic rings. The average molecular weight is 293 g/mol. The van der Waals surface area contributed by atoms with Gasteiger partial charge in [-0.3, -0.25) is 0 Å². The molecule has 21 heavy (non-hydrogen) atoms. The number of rotatable bonds is 6. The molecule has 0 atom stereocenters. The molecular weight excluding hydrogens is 266 g/mol. The molecule has 0 amide bonds. The second kappa shape index (κ2) is 6.93. The monoisotopic (exact) mass is 293 g/mol. The summed E-state index contributed by atoms with van der Waals surface area (Å²) in [5.74, 6) is 2.33. The number of hydrogen-bond acceptors (Lipinski definition) is 6. The van der Waals surface area contributed by atoms with E-state index in [1.165, 1.54) is 0 Å². The van der Waals surface area contributed by atoms with E-state index in [-0.39, 0.29) is 5.95 Å². The number of anilines is 3. The zero-order valence-corrected chi connectivity index (χ0v) is 13.0. The van der Waals surface area contributed by atoms with Crippen LogP contribution in [0.2, 0.25) is 0 Å². The van der Waals surface area contributed by atoms with Crippen molar-refractivity contribution in [2.24, 2.45) is 5.92 Å². The molecule has 5 N–H and O–H groups in total. The highest BCUT2D eigenvalue weighted by Crippen LogP contribution is 2.31. The standard InChI is InChI=1S/C15H27N5O/c1-3-8-17-12-9-13(20-14(16)19-12)18-10-15(21)6-4-11(2)5-7-15/h9,11,21H,3-8,10H2,1-2H3,(H4,16,17,18,19,20). The summed E-state index contributed by atoms with van der Waals surface area (Å²) in [5.41, 5.74) is 5.09. The summed E-state index contributed by atoms with van der Waals surface area (Å²) in [6.07, 6.45) is 4.84. The van der Waals surface area contributed by atoms with E-state index in [2.05, 4.69) is 34.4 Å². The van der Waals surface area contributed by atoms with Gasteiger partial charge in [0.05, 0.1) is 5.60 Å². The van der Waals surface area contributed by atoms with E-state index >= 15 is 0 Å². The van der Waals surface area contributed by atoms with Crippen molar-refractivity contribution >= 4 is 17.6 Å². The summed E-state index contributed by atoms with van der Waals surface area (Å²) in [7, 11) is 0. The van der Waals surface area contributed by atoms with Crippen LogP contribution in [-0.4, -0.2) is 33.8 Å². The quantitative estimate of drug-likeness (QED) is 0.642. The third kappa shape index (κ3) is 4.74. The second-order valence-electron chi connectivity index (χ2n) is 6.18. The Balaban J connectivity index is 1.94. The van der Waals surface area contributed by atoms with Crippen LogP contribution in [0.3, 0.4) is 0 Å². The zero-order chi connectivity index (χ0) is 15.3. The zero-order valence-electron chi connectivity index (χ0n) is 13.0. The predicted octanol–water partition coefficient (Wildman–Crippen LogP) is 2.23. The van der Waals surface area contributed by atoms with Gasteiger partial charge in [-0.2, -0.15) is 9.97 Å². The van der Waals surface area contributed by atoms with Crippen LogP contribution in [-0.2, 0) is 0 Å². The summed E-state index contributed by atoms with van der Waals surface area (Å²) in [6, 6.07) is 1.83. The predicted molar refractivity (Wildman–Crippen MR) is 86.3 cm³/mol. The molecule has 1 aromatic rings. The molecule has 0 unspecified atom stereocenters. The Morgan fingerprint density at radius 3 is 2.52 bits per heavy atom. The van der Waals surface area contributed by atoms with E-state index < -0.39 is 5.60 Å². The number of nitrogens with one attached hydrogen (secondary N) is 2. The van der Waals surface area contributed by atoms with Crippen molar-refractivity contribution in [3.8, 4) is 0 Å². The SMILES string of the molecule is CCCNc1cc(NCC2(O)CCC(C)CC2)nc(N)n1. The molecule has 0 aliphatic heterocycles. The van der Waals surface area contributed by atoms with Crippen LogP contribution in [0.1, 0.15) is 46.0 Å². The Bertz CT molecular complexity index is 457. The van der Waals surface area contributed by atoms with E-state index in [0.717, 1.165) is 44.5 Å². The van der Waals surface area contributed by atoms with Crippen LogP contribution in [0.15, 0.2) is 6.07 Å². The summed E-state index contributed by atoms with van der Waals surface area (Å²) in [6.45, 7) is 5.68. The van der Waals surface area contributed by atoms with Crippen molar-refractivity contribution in [3.05, 3.63) is 6.07 Å². The van der Waals surface area contributed by atoms with Gasteiger partial charge < -0.3 is 21.5 Å². The Morgan fingerprint density at radius 2 is 1.90 bits per heavy atom. The minimum atomic E-state index is -0.636. The van der Waals surface area contributed by atoms with Crippen LogP contribution < -0.4 is 16.4 Å². The van der Waals surface area contributed by atoms with Crippen molar-refractivity contribution in [2.75, 3.05) is 29.5 Å². The van der Waals surface area contributed by atoms with Crippen molar-refractivity contribution in [2.45, 2.75) is 51.6 Å². The molecule has 6 heteroatoms. The first-order valence-electron chi connectivity index (χ1n) is 7.85. The molecule has 1 heterocycles. The third-order valence-electron chi connectivity index (χ3n) is 4.10. The van der Waals surface area contributed by atoms with E-state index in [1.54, 1.807) is 0 Å². The van der Waals surface area contributed by atoms with Gasteiger partial charge in [0.25, 0.3) is 0 Å². The van der Waals surface area contributed by atoms with E-state index in [0.29, 0.717) is 18.3 Å². The Kier molecular flexibility index (Phi) is 5.22. The average Bonchev–Trinajstić information content (AvgIpc) is 2.46. The van der Waals surface area contributed by atoms with E-state index in [4.69, 9.17) is 5.73 Å². The van der Waals surface area contributed by atoms with Crippen molar-refractivity contribution < 1.29 is 5.11 Å². The Hall–Kier alpha value is -1.56. The van der Waals surface area contributed by atoms with Crippen molar-refractivity contribution in [1.29, 1.82) is 0 Å². The van der Waals surface area contributed by atoms with Crippen LogP contribution in [0.4, 0.5) is 17.6 Å². The third-order valence-corrected chi connectivity index (χ3v) is 4.10. The topological polar surface area (TPSA) is 96.1 Å². The summed E-state index contributed by atoms with van der Waals surface area (Å²) in [4.78, 5) is 8.32. The number of nitrogens with zero attached hydrogens (tertiary/aromatic N) is 2. The molecule has 0 bridgehead atoms. The molecule has 0 spiro atoms. The summed E-state index contributed by atoms with van der Waals surface area (Å²) < 4.78 is 0. The molecule has 1 saturated carbocycles. The molecule has 1 aromatic heterocycles. The van der Waals surface area contributed by atoms with Gasteiger partial charge in [0.2, 0.25) is 5.95 Å². The highest BCUT2D eigenvalue weighted by atomic mass is 16.3. The Labute approximate surface area is 126 Å². The smallest absolute Gasteiger partial charge is 0.223 e. The van der Waals surface area contributed by atoms with Crippen LogP contribution in [0.25, 0.3) is 0 Å². The summed E-state index contributed by atoms with van der Waals surface area (Å²) >= 11 is 0. The molecule has 2 rings (SSSR count). The van der Waals surface area contributed by atoms with Gasteiger partial charge in [-0.05, 0) is 38.0 Å². The number of hydrogen-bond donors (Lipinski definition) is 4. The van der Waals surface area contributed by atoms with Crippen molar-refractivity contribution in [1.82, 2.24) is 9.97 Å². The lowest BCUT2D eigenvalue weighted by molar-refractivity contribution is 0.00495. The van der Waals surface area contributed by atoms with Gasteiger partial charge in [-0.1, -0.05) is 13.8 Å². The van der Waals surface area contributed by atoms with Gasteiger partial charge in [0, 0.05) is 19.2 Å². The van der Waals surface area contributed by atoms with Crippen LogP contribution in [0, 0.1) is 5.92 Å². The number of aromatic nitrogens is 2. The number of aliphatic hydroxyl groups is 1. The first-order chi connectivity index (χ1) is 10.0. The lowest BCUT2D eigenvalue weighted by Gasteiger charge is -2.35.